The zero-order chi connectivity index (χ0) is 10.7. The minimum absolute atomic E-state index is 0.558. The molecule has 0 aliphatic carbocycles. The molecule has 2 heteroatoms. The van der Waals surface area contributed by atoms with Crippen LogP contribution in [0.3, 0.4) is 0 Å². The van der Waals surface area contributed by atoms with Crippen LogP contribution in [0, 0.1) is 12.3 Å². The van der Waals surface area contributed by atoms with Gasteiger partial charge in [-0.3, -0.25) is 0 Å². The van der Waals surface area contributed by atoms with Crippen molar-refractivity contribution in [2.75, 3.05) is 25.5 Å². The Morgan fingerprint density at radius 1 is 1.53 bits per heavy atom. The van der Waals surface area contributed by atoms with Gasteiger partial charge in [0, 0.05) is 23.8 Å². The minimum atomic E-state index is 0.558. The maximum atomic E-state index is 5.36. The lowest BCUT2D eigenvalue weighted by Gasteiger charge is -2.14. The van der Waals surface area contributed by atoms with Crippen LogP contribution in [0.2, 0.25) is 0 Å². The highest BCUT2D eigenvalue weighted by Gasteiger charge is 2.18. The zero-order valence-electron chi connectivity index (χ0n) is 9.03. The van der Waals surface area contributed by atoms with Crippen molar-refractivity contribution in [3.63, 3.8) is 0 Å². The van der Waals surface area contributed by atoms with Crippen molar-refractivity contribution in [3.05, 3.63) is 29.8 Å². The summed E-state index contributed by atoms with van der Waals surface area (Å²) < 4.78 is 0. The first-order valence-corrected chi connectivity index (χ1v) is 5.29. The Morgan fingerprint density at radius 2 is 2.40 bits per heavy atom. The fourth-order valence-corrected chi connectivity index (χ4v) is 1.99. The molecule has 0 aromatic heterocycles. The molecule has 1 aromatic carbocycles. The number of nitrogens with one attached hydrogen (secondary N) is 1. The van der Waals surface area contributed by atoms with E-state index in [4.69, 9.17) is 6.42 Å². The summed E-state index contributed by atoms with van der Waals surface area (Å²) in [7, 11) is 2.15. The van der Waals surface area contributed by atoms with Crippen LogP contribution in [0.5, 0.6) is 0 Å². The molecule has 1 heterocycles. The van der Waals surface area contributed by atoms with E-state index in [2.05, 4.69) is 29.3 Å². The van der Waals surface area contributed by atoms with Crippen LogP contribution in [0.25, 0.3) is 0 Å². The van der Waals surface area contributed by atoms with Crippen LogP contribution >= 0.6 is 0 Å². The SMILES string of the molecule is C#Cc1cccc(NC2CCN(C)C2)c1. The molecule has 1 N–H and O–H groups in total. The van der Waals surface area contributed by atoms with E-state index in [1.54, 1.807) is 0 Å². The lowest BCUT2D eigenvalue weighted by molar-refractivity contribution is 0.414. The van der Waals surface area contributed by atoms with E-state index in [1.165, 1.54) is 13.0 Å². The molecule has 0 spiro atoms. The molecule has 0 saturated carbocycles. The minimum Gasteiger partial charge on any atom is -0.381 e. The molecule has 1 atom stereocenters. The van der Waals surface area contributed by atoms with Crippen LogP contribution < -0.4 is 5.32 Å². The van der Waals surface area contributed by atoms with Gasteiger partial charge in [-0.2, -0.15) is 0 Å². The summed E-state index contributed by atoms with van der Waals surface area (Å²) in [5, 5.41) is 3.51. The van der Waals surface area contributed by atoms with Gasteiger partial charge in [-0.25, -0.2) is 0 Å². The molecule has 1 aliphatic heterocycles. The van der Waals surface area contributed by atoms with Gasteiger partial charge in [0.25, 0.3) is 0 Å². The van der Waals surface area contributed by atoms with E-state index in [-0.39, 0.29) is 0 Å². The highest BCUT2D eigenvalue weighted by atomic mass is 15.2. The van der Waals surface area contributed by atoms with E-state index in [0.29, 0.717) is 6.04 Å². The fraction of sp³-hybridized carbons (Fsp3) is 0.385. The molecule has 78 valence electrons. The molecular formula is C13H16N2. The average Bonchev–Trinajstić information content (AvgIpc) is 2.64. The third-order valence-electron chi connectivity index (χ3n) is 2.79. The van der Waals surface area contributed by atoms with Gasteiger partial charge < -0.3 is 10.2 Å². The van der Waals surface area contributed by atoms with E-state index in [0.717, 1.165) is 17.8 Å². The topological polar surface area (TPSA) is 15.3 Å². The van der Waals surface area contributed by atoms with Crippen LogP contribution in [0.15, 0.2) is 24.3 Å². The Balaban J connectivity index is 2.02. The largest absolute Gasteiger partial charge is 0.381 e. The number of benzene rings is 1. The van der Waals surface area contributed by atoms with Gasteiger partial charge >= 0.3 is 0 Å². The number of nitrogens with zero attached hydrogens (tertiary/aromatic N) is 1. The Labute approximate surface area is 91.3 Å². The molecule has 2 rings (SSSR count). The van der Waals surface area contributed by atoms with E-state index >= 15 is 0 Å². The number of hydrogen-bond donors (Lipinski definition) is 1. The lowest BCUT2D eigenvalue weighted by Crippen LogP contribution is -2.23. The number of likely N-dealkylation sites (tertiary alicyclic amines) is 1. The summed E-state index contributed by atoms with van der Waals surface area (Å²) in [6.45, 7) is 2.28. The van der Waals surface area contributed by atoms with Crippen molar-refractivity contribution in [1.82, 2.24) is 4.90 Å². The predicted molar refractivity (Wildman–Crippen MR) is 63.9 cm³/mol. The summed E-state index contributed by atoms with van der Waals surface area (Å²) in [6.07, 6.45) is 6.57. The molecule has 2 nitrogen and oxygen atoms in total. The summed E-state index contributed by atoms with van der Waals surface area (Å²) in [6, 6.07) is 8.60. The average molecular weight is 200 g/mol. The predicted octanol–water partition coefficient (Wildman–Crippen LogP) is 1.78. The third kappa shape index (κ3) is 2.51. The molecule has 1 unspecified atom stereocenters. The van der Waals surface area contributed by atoms with Gasteiger partial charge in [-0.05, 0) is 38.2 Å². The van der Waals surface area contributed by atoms with Crippen LogP contribution in [0.4, 0.5) is 5.69 Å². The first-order valence-electron chi connectivity index (χ1n) is 5.29. The van der Waals surface area contributed by atoms with Crippen molar-refractivity contribution >= 4 is 5.69 Å². The molecule has 0 radical (unpaired) electrons. The van der Waals surface area contributed by atoms with Crippen LogP contribution in [-0.4, -0.2) is 31.1 Å². The number of anilines is 1. The second-order valence-electron chi connectivity index (χ2n) is 4.12. The second kappa shape index (κ2) is 4.37. The molecule has 1 aromatic rings. The number of likely N-dealkylation sites (N-methyl/N-ethyl adjacent to an activating group) is 1. The zero-order valence-corrected chi connectivity index (χ0v) is 9.03. The molecular weight excluding hydrogens is 184 g/mol. The van der Waals surface area contributed by atoms with Gasteiger partial charge in [-0.1, -0.05) is 12.0 Å². The lowest BCUT2D eigenvalue weighted by atomic mass is 10.2. The van der Waals surface area contributed by atoms with Crippen LogP contribution in [0.1, 0.15) is 12.0 Å². The molecule has 0 bridgehead atoms. The first kappa shape index (κ1) is 10.1. The van der Waals surface area contributed by atoms with E-state index in [1.807, 2.05) is 18.2 Å². The molecule has 1 saturated heterocycles. The Bertz CT molecular complexity index is 378. The Morgan fingerprint density at radius 3 is 3.07 bits per heavy atom. The van der Waals surface area contributed by atoms with Gasteiger partial charge in [0.2, 0.25) is 0 Å². The fourth-order valence-electron chi connectivity index (χ4n) is 1.99. The van der Waals surface area contributed by atoms with Crippen molar-refractivity contribution < 1.29 is 0 Å². The maximum absolute atomic E-state index is 5.36. The second-order valence-corrected chi connectivity index (χ2v) is 4.12. The Hall–Kier alpha value is -1.46. The molecule has 1 fully saturated rings. The van der Waals surface area contributed by atoms with Crippen molar-refractivity contribution in [2.24, 2.45) is 0 Å². The van der Waals surface area contributed by atoms with Gasteiger partial charge in [0.15, 0.2) is 0 Å². The quantitative estimate of drug-likeness (QED) is 0.732. The summed E-state index contributed by atoms with van der Waals surface area (Å²) in [5.41, 5.74) is 2.07. The van der Waals surface area contributed by atoms with Crippen molar-refractivity contribution in [2.45, 2.75) is 12.5 Å². The number of rotatable bonds is 2. The highest BCUT2D eigenvalue weighted by Crippen LogP contribution is 2.15. The van der Waals surface area contributed by atoms with Crippen LogP contribution in [-0.2, 0) is 0 Å². The summed E-state index contributed by atoms with van der Waals surface area (Å²) in [5.74, 6) is 2.65. The van der Waals surface area contributed by atoms with Gasteiger partial charge in [0.1, 0.15) is 0 Å². The third-order valence-corrected chi connectivity index (χ3v) is 2.79. The highest BCUT2D eigenvalue weighted by molar-refractivity contribution is 5.50. The maximum Gasteiger partial charge on any atom is 0.0400 e. The van der Waals surface area contributed by atoms with Crippen molar-refractivity contribution in [3.8, 4) is 12.3 Å². The number of hydrogen-bond acceptors (Lipinski definition) is 2. The molecule has 1 aliphatic rings. The summed E-state index contributed by atoms with van der Waals surface area (Å²) in [4.78, 5) is 2.34. The van der Waals surface area contributed by atoms with E-state index < -0.39 is 0 Å². The number of terminal acetylenes is 1. The van der Waals surface area contributed by atoms with Crippen molar-refractivity contribution in [1.29, 1.82) is 0 Å². The standard InChI is InChI=1S/C13H16N2/c1-3-11-5-4-6-12(9-11)14-13-7-8-15(2)10-13/h1,4-6,9,13-14H,7-8,10H2,2H3. The summed E-state index contributed by atoms with van der Waals surface area (Å²) >= 11 is 0. The molecule has 15 heavy (non-hydrogen) atoms. The van der Waals surface area contributed by atoms with Gasteiger partial charge in [0.05, 0.1) is 0 Å². The molecule has 0 amide bonds. The van der Waals surface area contributed by atoms with E-state index in [9.17, 15) is 0 Å². The Kier molecular flexibility index (Phi) is 2.94. The normalized spacial score (nSPS) is 21.2. The monoisotopic (exact) mass is 200 g/mol. The smallest absolute Gasteiger partial charge is 0.0400 e. The van der Waals surface area contributed by atoms with Gasteiger partial charge in [-0.15, -0.1) is 6.42 Å². The first-order chi connectivity index (χ1) is 7.28.